The average molecular weight is 269 g/mol. The van der Waals surface area contributed by atoms with Crippen LogP contribution in [0.4, 0.5) is 0 Å². The van der Waals surface area contributed by atoms with E-state index >= 15 is 0 Å². The molecule has 0 aliphatic heterocycles. The maximum Gasteiger partial charge on any atom is 0.363 e. The molecule has 0 amide bonds. The van der Waals surface area contributed by atoms with Gasteiger partial charge in [-0.3, -0.25) is 4.98 Å². The van der Waals surface area contributed by atoms with E-state index in [4.69, 9.17) is 13.6 Å². The van der Waals surface area contributed by atoms with Gasteiger partial charge in [-0.05, 0) is 18.6 Å². The second-order valence-electron chi connectivity index (χ2n) is 3.81. The molecule has 6 heteroatoms. The van der Waals surface area contributed by atoms with Gasteiger partial charge in [-0.2, -0.15) is 0 Å². The molecule has 0 saturated heterocycles. The molecule has 0 radical (unpaired) electrons. The summed E-state index contributed by atoms with van der Waals surface area (Å²) in [5.41, 5.74) is 0.219. The van der Waals surface area contributed by atoms with E-state index in [0.717, 1.165) is 12.8 Å². The first-order valence-corrected chi connectivity index (χ1v) is 7.50. The fourth-order valence-electron chi connectivity index (χ4n) is 1.63. The van der Waals surface area contributed by atoms with Crippen molar-refractivity contribution in [3.8, 4) is 0 Å². The molecule has 0 aliphatic rings. The van der Waals surface area contributed by atoms with Crippen LogP contribution in [0.3, 0.4) is 0 Å². The molecule has 0 spiro atoms. The first-order valence-electron chi connectivity index (χ1n) is 5.89. The van der Waals surface area contributed by atoms with E-state index in [-0.39, 0.29) is 11.7 Å². The number of carbonyl (C=O) groups is 1. The number of aromatic nitrogens is 1. The van der Waals surface area contributed by atoms with Crippen LogP contribution in [0.5, 0.6) is 0 Å². The van der Waals surface area contributed by atoms with Gasteiger partial charge in [-0.25, -0.2) is 4.79 Å². The van der Waals surface area contributed by atoms with E-state index in [0.29, 0.717) is 5.56 Å². The fraction of sp³-hybridized carbons (Fsp3) is 0.500. The van der Waals surface area contributed by atoms with E-state index < -0.39 is 9.28 Å². The maximum atomic E-state index is 11.9. The smallest absolute Gasteiger partial charge is 0.363 e. The zero-order chi connectivity index (χ0) is 13.4. The van der Waals surface area contributed by atoms with E-state index in [1.54, 1.807) is 38.7 Å². The van der Waals surface area contributed by atoms with E-state index in [9.17, 15) is 4.79 Å². The summed E-state index contributed by atoms with van der Waals surface area (Å²) in [7, 11) is 1.21. The lowest BCUT2D eigenvalue weighted by Crippen LogP contribution is -2.39. The molecule has 1 rings (SSSR count). The lowest BCUT2D eigenvalue weighted by Gasteiger charge is -2.22. The molecule has 100 valence electrons. The lowest BCUT2D eigenvalue weighted by molar-refractivity contribution is 0.0347. The zero-order valence-corrected chi connectivity index (χ0v) is 12.1. The molecule has 1 unspecified atom stereocenters. The first kappa shape index (κ1) is 14.8. The molecule has 0 saturated carbocycles. The van der Waals surface area contributed by atoms with Crippen LogP contribution in [0.25, 0.3) is 0 Å². The molecule has 0 bridgehead atoms. The quantitative estimate of drug-likeness (QED) is 0.554. The molecule has 5 nitrogen and oxygen atoms in total. The summed E-state index contributed by atoms with van der Waals surface area (Å²) >= 11 is 0. The number of hydrogen-bond acceptors (Lipinski definition) is 5. The third-order valence-corrected chi connectivity index (χ3v) is 4.52. The van der Waals surface area contributed by atoms with Crippen molar-refractivity contribution in [1.29, 1.82) is 0 Å². The Hall–Kier alpha value is -1.24. The monoisotopic (exact) mass is 269 g/mol. The van der Waals surface area contributed by atoms with Crippen LogP contribution in [0, 0.1) is 0 Å². The molecule has 1 atom stereocenters. The molecular weight excluding hydrogens is 250 g/mol. The Morgan fingerprint density at radius 2 is 1.94 bits per heavy atom. The molecule has 18 heavy (non-hydrogen) atoms. The fourth-order valence-corrected chi connectivity index (χ4v) is 3.27. The SMILES string of the molecule is CCCC(OC(=O)c1ccncc1)[SiH](OC)OC. The highest BCUT2D eigenvalue weighted by Gasteiger charge is 2.28. The molecular formula is C12H19NO4Si. The average Bonchev–Trinajstić information content (AvgIpc) is 2.41. The third-order valence-electron chi connectivity index (χ3n) is 2.52. The minimum absolute atomic E-state index is 0.273. The van der Waals surface area contributed by atoms with Gasteiger partial charge in [0.25, 0.3) is 0 Å². The predicted octanol–water partition coefficient (Wildman–Crippen LogP) is 1.46. The normalized spacial score (nSPS) is 12.4. The standard InChI is InChI=1S/C12H19NO4Si/c1-4-5-11(18(15-2)16-3)17-12(14)10-6-8-13-9-7-10/h6-9,11,18H,4-5H2,1-3H3. The van der Waals surface area contributed by atoms with Gasteiger partial charge in [-0.1, -0.05) is 13.3 Å². The minimum atomic E-state index is -1.96. The molecule has 1 heterocycles. The topological polar surface area (TPSA) is 57.7 Å². The van der Waals surface area contributed by atoms with Gasteiger partial charge < -0.3 is 13.6 Å². The molecule has 0 N–H and O–H groups in total. The van der Waals surface area contributed by atoms with Gasteiger partial charge in [0, 0.05) is 26.6 Å². The van der Waals surface area contributed by atoms with Crippen molar-refractivity contribution in [1.82, 2.24) is 4.98 Å². The summed E-state index contributed by atoms with van der Waals surface area (Å²) in [6, 6.07) is 3.25. The van der Waals surface area contributed by atoms with Crippen LogP contribution in [0.15, 0.2) is 24.5 Å². The zero-order valence-electron chi connectivity index (χ0n) is 11.0. The summed E-state index contributed by atoms with van der Waals surface area (Å²) in [6.07, 6.45) is 4.78. The van der Waals surface area contributed by atoms with Gasteiger partial charge in [0.05, 0.1) is 5.56 Å². The van der Waals surface area contributed by atoms with Crippen molar-refractivity contribution in [2.45, 2.75) is 25.5 Å². The van der Waals surface area contributed by atoms with Gasteiger partial charge in [0.15, 0.2) is 0 Å². The Morgan fingerprint density at radius 1 is 1.33 bits per heavy atom. The van der Waals surface area contributed by atoms with Gasteiger partial charge in [-0.15, -0.1) is 0 Å². The van der Waals surface area contributed by atoms with E-state index in [1.807, 2.05) is 6.92 Å². The predicted molar refractivity (Wildman–Crippen MR) is 69.5 cm³/mol. The number of pyridine rings is 1. The molecule has 0 fully saturated rings. The van der Waals surface area contributed by atoms with Gasteiger partial charge >= 0.3 is 15.3 Å². The maximum absolute atomic E-state index is 11.9. The second-order valence-corrected chi connectivity index (χ2v) is 6.23. The first-order chi connectivity index (χ1) is 8.72. The Morgan fingerprint density at radius 3 is 2.44 bits per heavy atom. The summed E-state index contributed by atoms with van der Waals surface area (Å²) in [6.45, 7) is 2.03. The summed E-state index contributed by atoms with van der Waals surface area (Å²) in [5.74, 6) is -0.359. The van der Waals surface area contributed by atoms with Crippen LogP contribution in [0.2, 0.25) is 0 Å². The molecule has 1 aromatic heterocycles. The molecule has 1 aromatic rings. The minimum Gasteiger partial charge on any atom is -0.457 e. The molecule has 0 aliphatic carbocycles. The Balaban J connectivity index is 2.68. The highest BCUT2D eigenvalue weighted by molar-refractivity contribution is 6.46. The van der Waals surface area contributed by atoms with Crippen molar-refractivity contribution in [3.05, 3.63) is 30.1 Å². The van der Waals surface area contributed by atoms with Crippen molar-refractivity contribution in [3.63, 3.8) is 0 Å². The van der Waals surface area contributed by atoms with Crippen LogP contribution < -0.4 is 0 Å². The number of carbonyl (C=O) groups excluding carboxylic acids is 1. The summed E-state index contributed by atoms with van der Waals surface area (Å²) in [4.78, 5) is 15.8. The lowest BCUT2D eigenvalue weighted by atomic mass is 10.3. The van der Waals surface area contributed by atoms with E-state index in [2.05, 4.69) is 4.98 Å². The Kier molecular flexibility index (Phi) is 6.56. The highest BCUT2D eigenvalue weighted by atomic mass is 28.3. The van der Waals surface area contributed by atoms with Crippen LogP contribution in [0.1, 0.15) is 30.1 Å². The highest BCUT2D eigenvalue weighted by Crippen LogP contribution is 2.11. The van der Waals surface area contributed by atoms with Crippen LogP contribution in [-0.2, 0) is 13.6 Å². The third kappa shape index (κ3) is 4.21. The summed E-state index contributed by atoms with van der Waals surface area (Å²) in [5, 5.41) is 0. The summed E-state index contributed by atoms with van der Waals surface area (Å²) < 4.78 is 16.0. The Bertz CT molecular complexity index is 356. The van der Waals surface area contributed by atoms with Crippen molar-refractivity contribution < 1.29 is 18.4 Å². The second kappa shape index (κ2) is 7.96. The van der Waals surface area contributed by atoms with Crippen molar-refractivity contribution >= 4 is 15.3 Å². The van der Waals surface area contributed by atoms with Gasteiger partial charge in [0.2, 0.25) is 0 Å². The molecule has 0 aromatic carbocycles. The van der Waals surface area contributed by atoms with Crippen molar-refractivity contribution in [2.24, 2.45) is 0 Å². The number of hydrogen-bond donors (Lipinski definition) is 0. The number of nitrogens with zero attached hydrogens (tertiary/aromatic N) is 1. The van der Waals surface area contributed by atoms with Gasteiger partial charge in [0.1, 0.15) is 5.73 Å². The van der Waals surface area contributed by atoms with E-state index in [1.165, 1.54) is 0 Å². The largest absolute Gasteiger partial charge is 0.457 e. The van der Waals surface area contributed by atoms with Crippen molar-refractivity contribution in [2.75, 3.05) is 14.2 Å². The van der Waals surface area contributed by atoms with Crippen LogP contribution in [-0.4, -0.2) is 40.2 Å². The Labute approximate surface area is 109 Å². The number of esters is 1. The van der Waals surface area contributed by atoms with Crippen LogP contribution >= 0.6 is 0 Å². The number of rotatable bonds is 7. The number of ether oxygens (including phenoxy) is 1.